The van der Waals surface area contributed by atoms with E-state index in [9.17, 15) is 4.79 Å². The molecule has 24 heavy (non-hydrogen) atoms. The van der Waals surface area contributed by atoms with E-state index in [0.717, 1.165) is 56.4 Å². The monoisotopic (exact) mass is 325 g/mol. The normalized spacial score (nSPS) is 23.8. The fraction of sp³-hybridized carbons (Fsp3) is 0.500. The average molecular weight is 325 g/mol. The van der Waals surface area contributed by atoms with Gasteiger partial charge in [-0.2, -0.15) is 0 Å². The fourth-order valence-corrected chi connectivity index (χ4v) is 3.83. The maximum absolute atomic E-state index is 12.7. The van der Waals surface area contributed by atoms with Crippen molar-refractivity contribution in [2.45, 2.75) is 19.4 Å². The summed E-state index contributed by atoms with van der Waals surface area (Å²) in [6, 6.07) is 10.1. The van der Waals surface area contributed by atoms with E-state index in [1.54, 1.807) is 10.9 Å². The van der Waals surface area contributed by atoms with Gasteiger partial charge in [0.05, 0.1) is 12.7 Å². The Hall–Kier alpha value is -2.21. The Balaban J connectivity index is 1.41. The topological polar surface area (TPSA) is 63.1 Å². The highest BCUT2D eigenvalue weighted by Gasteiger charge is 2.32. The van der Waals surface area contributed by atoms with Crippen LogP contribution in [0.2, 0.25) is 0 Å². The van der Waals surface area contributed by atoms with Crippen LogP contribution in [0.25, 0.3) is 0 Å². The smallest absolute Gasteiger partial charge is 0.276 e. The zero-order chi connectivity index (χ0) is 16.4. The number of hydrogen-bond donors (Lipinski definition) is 1. The lowest BCUT2D eigenvalue weighted by atomic mass is 9.92. The van der Waals surface area contributed by atoms with Gasteiger partial charge in [0.25, 0.3) is 5.91 Å². The number of rotatable bonds is 3. The lowest BCUT2D eigenvalue weighted by molar-refractivity contribution is 0.0752. The maximum atomic E-state index is 12.7. The molecule has 2 aliphatic rings. The van der Waals surface area contributed by atoms with Crippen molar-refractivity contribution in [1.29, 1.82) is 0 Å². The van der Waals surface area contributed by atoms with Crippen LogP contribution in [-0.2, 0) is 6.54 Å². The Morgan fingerprint density at radius 3 is 2.54 bits per heavy atom. The molecule has 2 atom stereocenters. The van der Waals surface area contributed by atoms with Crippen molar-refractivity contribution in [3.8, 4) is 0 Å². The summed E-state index contributed by atoms with van der Waals surface area (Å²) in [5.74, 6) is 1.45. The first-order valence-corrected chi connectivity index (χ1v) is 8.73. The summed E-state index contributed by atoms with van der Waals surface area (Å²) in [4.78, 5) is 14.7. The van der Waals surface area contributed by atoms with Crippen LogP contribution in [0.1, 0.15) is 28.9 Å². The van der Waals surface area contributed by atoms with Crippen molar-refractivity contribution >= 4 is 5.91 Å². The zero-order valence-electron chi connectivity index (χ0n) is 13.8. The number of amides is 1. The van der Waals surface area contributed by atoms with E-state index >= 15 is 0 Å². The largest absolute Gasteiger partial charge is 0.337 e. The molecular weight excluding hydrogens is 302 g/mol. The number of aromatic nitrogens is 3. The van der Waals surface area contributed by atoms with E-state index in [4.69, 9.17) is 0 Å². The molecule has 2 saturated heterocycles. The molecule has 6 nitrogen and oxygen atoms in total. The molecule has 3 heterocycles. The molecule has 0 radical (unpaired) electrons. The van der Waals surface area contributed by atoms with E-state index in [1.807, 2.05) is 35.2 Å². The van der Waals surface area contributed by atoms with Crippen LogP contribution >= 0.6 is 0 Å². The third-order valence-corrected chi connectivity index (χ3v) is 5.25. The summed E-state index contributed by atoms with van der Waals surface area (Å²) in [7, 11) is 0. The van der Waals surface area contributed by atoms with Crippen molar-refractivity contribution in [3.05, 3.63) is 47.8 Å². The Bertz CT molecular complexity index is 684. The fourth-order valence-electron chi connectivity index (χ4n) is 3.83. The van der Waals surface area contributed by atoms with Crippen LogP contribution in [0.5, 0.6) is 0 Å². The standard InChI is InChI=1S/C18H23N5O/c24-18(22-8-6-15-10-19-11-16(15)7-9-22)17-13-23(21-20-17)12-14-4-2-1-3-5-14/h1-5,13,15-16,19H,6-12H2/t15-,16+. The van der Waals surface area contributed by atoms with Gasteiger partial charge in [-0.15, -0.1) is 5.10 Å². The molecule has 2 aromatic rings. The van der Waals surface area contributed by atoms with Crippen LogP contribution in [0.3, 0.4) is 0 Å². The number of benzene rings is 1. The average Bonchev–Trinajstić information content (AvgIpc) is 3.21. The van der Waals surface area contributed by atoms with Crippen molar-refractivity contribution in [2.24, 2.45) is 11.8 Å². The minimum atomic E-state index is 0.0160. The number of likely N-dealkylation sites (tertiary alicyclic amines) is 1. The third-order valence-electron chi connectivity index (χ3n) is 5.25. The summed E-state index contributed by atoms with van der Waals surface area (Å²) in [6.07, 6.45) is 3.94. The highest BCUT2D eigenvalue weighted by atomic mass is 16.2. The van der Waals surface area contributed by atoms with E-state index < -0.39 is 0 Å². The van der Waals surface area contributed by atoms with Crippen LogP contribution in [0, 0.1) is 11.8 Å². The SMILES string of the molecule is O=C(c1cn(Cc2ccccc2)nn1)N1CC[C@@H]2CNC[C@@H]2CC1. The van der Waals surface area contributed by atoms with Gasteiger partial charge in [0.1, 0.15) is 0 Å². The molecule has 6 heteroatoms. The molecule has 0 unspecified atom stereocenters. The van der Waals surface area contributed by atoms with Crippen LogP contribution in [-0.4, -0.2) is 52.0 Å². The number of hydrogen-bond acceptors (Lipinski definition) is 4. The molecule has 1 aromatic carbocycles. The predicted octanol–water partition coefficient (Wildman–Crippen LogP) is 1.40. The molecule has 0 aliphatic carbocycles. The molecule has 1 amide bonds. The zero-order valence-corrected chi connectivity index (χ0v) is 13.8. The third kappa shape index (κ3) is 3.19. The number of nitrogens with one attached hydrogen (secondary N) is 1. The number of fused-ring (bicyclic) bond motifs is 1. The van der Waals surface area contributed by atoms with Gasteiger partial charge in [0.15, 0.2) is 5.69 Å². The molecule has 1 N–H and O–H groups in total. The predicted molar refractivity (Wildman–Crippen MR) is 90.6 cm³/mol. The first-order chi connectivity index (χ1) is 11.8. The first kappa shape index (κ1) is 15.3. The molecule has 0 spiro atoms. The second kappa shape index (κ2) is 6.73. The molecule has 2 aliphatic heterocycles. The Morgan fingerprint density at radius 1 is 1.12 bits per heavy atom. The highest BCUT2D eigenvalue weighted by Crippen LogP contribution is 2.27. The van der Waals surface area contributed by atoms with Gasteiger partial charge in [0.2, 0.25) is 0 Å². The minimum Gasteiger partial charge on any atom is -0.337 e. The van der Waals surface area contributed by atoms with Crippen LogP contribution < -0.4 is 5.32 Å². The van der Waals surface area contributed by atoms with Gasteiger partial charge >= 0.3 is 0 Å². The lowest BCUT2D eigenvalue weighted by Crippen LogP contribution is -2.33. The van der Waals surface area contributed by atoms with Gasteiger partial charge < -0.3 is 10.2 Å². The van der Waals surface area contributed by atoms with Gasteiger partial charge in [0, 0.05) is 13.1 Å². The molecular formula is C18H23N5O. The van der Waals surface area contributed by atoms with E-state index in [2.05, 4.69) is 15.6 Å². The molecule has 126 valence electrons. The van der Waals surface area contributed by atoms with Gasteiger partial charge in [-0.05, 0) is 43.3 Å². The number of carbonyl (C=O) groups is 1. The van der Waals surface area contributed by atoms with E-state index in [1.165, 1.54) is 0 Å². The van der Waals surface area contributed by atoms with E-state index in [0.29, 0.717) is 12.2 Å². The lowest BCUT2D eigenvalue weighted by Gasteiger charge is -2.19. The number of carbonyl (C=O) groups excluding carboxylic acids is 1. The molecule has 0 saturated carbocycles. The summed E-state index contributed by atoms with van der Waals surface area (Å²) in [6.45, 7) is 4.48. The van der Waals surface area contributed by atoms with Gasteiger partial charge in [-0.25, -0.2) is 4.68 Å². The Kier molecular flexibility index (Phi) is 4.30. The summed E-state index contributed by atoms with van der Waals surface area (Å²) >= 11 is 0. The van der Waals surface area contributed by atoms with Crippen molar-refractivity contribution in [3.63, 3.8) is 0 Å². The van der Waals surface area contributed by atoms with Gasteiger partial charge in [-0.1, -0.05) is 35.5 Å². The van der Waals surface area contributed by atoms with Crippen LogP contribution in [0.15, 0.2) is 36.5 Å². The summed E-state index contributed by atoms with van der Waals surface area (Å²) < 4.78 is 1.74. The molecule has 1 aromatic heterocycles. The van der Waals surface area contributed by atoms with Crippen molar-refractivity contribution in [1.82, 2.24) is 25.2 Å². The Morgan fingerprint density at radius 2 is 1.83 bits per heavy atom. The summed E-state index contributed by atoms with van der Waals surface area (Å²) in [5, 5.41) is 11.7. The summed E-state index contributed by atoms with van der Waals surface area (Å²) in [5.41, 5.74) is 1.60. The van der Waals surface area contributed by atoms with Crippen LogP contribution in [0.4, 0.5) is 0 Å². The quantitative estimate of drug-likeness (QED) is 0.926. The molecule has 4 rings (SSSR count). The van der Waals surface area contributed by atoms with Gasteiger partial charge in [-0.3, -0.25) is 4.79 Å². The van der Waals surface area contributed by atoms with Crippen molar-refractivity contribution in [2.75, 3.05) is 26.2 Å². The van der Waals surface area contributed by atoms with Crippen molar-refractivity contribution < 1.29 is 4.79 Å². The number of nitrogens with zero attached hydrogens (tertiary/aromatic N) is 4. The molecule has 2 fully saturated rings. The second-order valence-electron chi connectivity index (χ2n) is 6.83. The van der Waals surface area contributed by atoms with E-state index in [-0.39, 0.29) is 5.91 Å². The first-order valence-electron chi connectivity index (χ1n) is 8.73. The molecule has 0 bridgehead atoms. The highest BCUT2D eigenvalue weighted by molar-refractivity contribution is 5.91. The second-order valence-corrected chi connectivity index (χ2v) is 6.83. The maximum Gasteiger partial charge on any atom is 0.276 e. The Labute approximate surface area is 141 Å². The minimum absolute atomic E-state index is 0.0160.